The molecule has 4 heteroatoms. The topological polar surface area (TPSA) is 33.0 Å². The molecule has 1 aromatic carbocycles. The zero-order chi connectivity index (χ0) is 11.8. The van der Waals surface area contributed by atoms with Gasteiger partial charge in [-0.1, -0.05) is 23.2 Å². The molecule has 0 N–H and O–H groups in total. The lowest BCUT2D eigenvalue weighted by Crippen LogP contribution is -1.97. The maximum atomic E-state index is 8.35. The van der Waals surface area contributed by atoms with Gasteiger partial charge < -0.3 is 4.74 Å². The summed E-state index contributed by atoms with van der Waals surface area (Å²) < 4.78 is 5.50. The van der Waals surface area contributed by atoms with Crippen molar-refractivity contribution in [2.45, 2.75) is 25.7 Å². The maximum Gasteiger partial charge on any atom is 0.139 e. The van der Waals surface area contributed by atoms with Crippen LogP contribution < -0.4 is 4.74 Å². The molecule has 16 heavy (non-hydrogen) atoms. The van der Waals surface area contributed by atoms with E-state index in [1.807, 2.05) is 0 Å². The van der Waals surface area contributed by atoms with Gasteiger partial charge in [-0.05, 0) is 31.4 Å². The van der Waals surface area contributed by atoms with Crippen molar-refractivity contribution in [2.24, 2.45) is 0 Å². The molecule has 86 valence electrons. The molecule has 0 radical (unpaired) electrons. The SMILES string of the molecule is N#CCCCCCOc1cc(Cl)ccc1Cl. The summed E-state index contributed by atoms with van der Waals surface area (Å²) in [6, 6.07) is 7.26. The van der Waals surface area contributed by atoms with E-state index in [1.165, 1.54) is 0 Å². The van der Waals surface area contributed by atoms with Crippen LogP contribution in [-0.4, -0.2) is 6.61 Å². The summed E-state index contributed by atoms with van der Waals surface area (Å²) in [5.41, 5.74) is 0. The molecule has 0 amide bonds. The zero-order valence-electron chi connectivity index (χ0n) is 8.88. The van der Waals surface area contributed by atoms with Crippen LogP contribution in [0.2, 0.25) is 10.0 Å². The first-order chi connectivity index (χ1) is 7.74. The Morgan fingerprint density at radius 1 is 1.19 bits per heavy atom. The van der Waals surface area contributed by atoms with Gasteiger partial charge in [0.05, 0.1) is 17.7 Å². The average molecular weight is 258 g/mol. The predicted octanol–water partition coefficient (Wildman–Crippen LogP) is 4.46. The van der Waals surface area contributed by atoms with E-state index >= 15 is 0 Å². The molecule has 0 fully saturated rings. The van der Waals surface area contributed by atoms with Gasteiger partial charge in [0, 0.05) is 17.5 Å². The second kappa shape index (κ2) is 7.38. The summed E-state index contributed by atoms with van der Waals surface area (Å²) in [5, 5.41) is 9.54. The fraction of sp³-hybridized carbons (Fsp3) is 0.417. The number of ether oxygens (including phenoxy) is 1. The zero-order valence-corrected chi connectivity index (χ0v) is 10.4. The summed E-state index contributed by atoms with van der Waals surface area (Å²) in [6.45, 7) is 0.603. The van der Waals surface area contributed by atoms with Crippen LogP contribution in [-0.2, 0) is 0 Å². The van der Waals surface area contributed by atoms with Gasteiger partial charge in [-0.25, -0.2) is 0 Å². The average Bonchev–Trinajstić information content (AvgIpc) is 2.28. The first-order valence-corrected chi connectivity index (χ1v) is 5.94. The van der Waals surface area contributed by atoms with Crippen molar-refractivity contribution in [1.82, 2.24) is 0 Å². The number of hydrogen-bond donors (Lipinski definition) is 0. The van der Waals surface area contributed by atoms with Crippen LogP contribution >= 0.6 is 23.2 Å². The number of unbranched alkanes of at least 4 members (excludes halogenated alkanes) is 3. The van der Waals surface area contributed by atoms with E-state index in [2.05, 4.69) is 6.07 Å². The fourth-order valence-electron chi connectivity index (χ4n) is 1.25. The molecule has 0 saturated heterocycles. The van der Waals surface area contributed by atoms with Gasteiger partial charge in [0.15, 0.2) is 0 Å². The second-order valence-electron chi connectivity index (χ2n) is 3.39. The van der Waals surface area contributed by atoms with Crippen LogP contribution in [0.3, 0.4) is 0 Å². The Morgan fingerprint density at radius 2 is 2.00 bits per heavy atom. The van der Waals surface area contributed by atoms with Gasteiger partial charge >= 0.3 is 0 Å². The van der Waals surface area contributed by atoms with Crippen LogP contribution in [0, 0.1) is 11.3 Å². The van der Waals surface area contributed by atoms with E-state index in [1.54, 1.807) is 18.2 Å². The normalized spacial score (nSPS) is 9.81. The molecular formula is C12H13Cl2NO. The molecule has 0 aromatic heterocycles. The van der Waals surface area contributed by atoms with Gasteiger partial charge in [-0.2, -0.15) is 5.26 Å². The Bertz CT molecular complexity index is 374. The molecule has 0 aliphatic carbocycles. The predicted molar refractivity (Wildman–Crippen MR) is 66.0 cm³/mol. The fourth-order valence-corrected chi connectivity index (χ4v) is 1.59. The molecule has 0 heterocycles. The van der Waals surface area contributed by atoms with Crippen LogP contribution in [0.4, 0.5) is 0 Å². The van der Waals surface area contributed by atoms with Crippen LogP contribution in [0.15, 0.2) is 18.2 Å². The smallest absolute Gasteiger partial charge is 0.139 e. The van der Waals surface area contributed by atoms with E-state index in [9.17, 15) is 0 Å². The second-order valence-corrected chi connectivity index (χ2v) is 4.24. The summed E-state index contributed by atoms with van der Waals surface area (Å²) in [7, 11) is 0. The van der Waals surface area contributed by atoms with E-state index in [0.29, 0.717) is 28.8 Å². The number of nitrogens with zero attached hydrogens (tertiary/aromatic N) is 1. The highest BCUT2D eigenvalue weighted by Gasteiger charge is 2.01. The summed E-state index contributed by atoms with van der Waals surface area (Å²) in [5.74, 6) is 0.620. The highest BCUT2D eigenvalue weighted by atomic mass is 35.5. The Kier molecular flexibility index (Phi) is 6.07. The van der Waals surface area contributed by atoms with Crippen molar-refractivity contribution in [3.63, 3.8) is 0 Å². The Balaban J connectivity index is 2.27. The number of hydrogen-bond acceptors (Lipinski definition) is 2. The number of rotatable bonds is 6. The van der Waals surface area contributed by atoms with Gasteiger partial charge in [0.1, 0.15) is 5.75 Å². The van der Waals surface area contributed by atoms with Crippen LogP contribution in [0.1, 0.15) is 25.7 Å². The Morgan fingerprint density at radius 3 is 2.75 bits per heavy atom. The Labute approximate surface area is 106 Å². The molecule has 1 rings (SSSR count). The van der Waals surface area contributed by atoms with Crippen LogP contribution in [0.5, 0.6) is 5.75 Å². The third kappa shape index (κ3) is 4.74. The lowest BCUT2D eigenvalue weighted by Gasteiger charge is -2.07. The molecule has 0 unspecified atom stereocenters. The molecule has 0 bridgehead atoms. The molecule has 0 aliphatic rings. The first kappa shape index (κ1) is 13.2. The van der Waals surface area contributed by atoms with Crippen molar-refractivity contribution < 1.29 is 4.74 Å². The molecule has 0 atom stereocenters. The molecule has 0 spiro atoms. The largest absolute Gasteiger partial charge is 0.492 e. The van der Waals surface area contributed by atoms with Crippen LogP contribution in [0.25, 0.3) is 0 Å². The molecule has 2 nitrogen and oxygen atoms in total. The van der Waals surface area contributed by atoms with Crippen molar-refractivity contribution in [3.8, 4) is 11.8 Å². The summed E-state index contributed by atoms with van der Waals surface area (Å²) >= 11 is 11.8. The molecule has 0 aliphatic heterocycles. The molecule has 1 aromatic rings. The van der Waals surface area contributed by atoms with E-state index in [-0.39, 0.29) is 0 Å². The van der Waals surface area contributed by atoms with Gasteiger partial charge in [-0.3, -0.25) is 0 Å². The van der Waals surface area contributed by atoms with E-state index in [4.69, 9.17) is 33.2 Å². The standard InChI is InChI=1S/C12H13Cl2NO/c13-10-5-6-11(14)12(9-10)16-8-4-2-1-3-7-15/h5-6,9H,1-4,8H2. The first-order valence-electron chi connectivity index (χ1n) is 5.19. The van der Waals surface area contributed by atoms with Gasteiger partial charge in [0.2, 0.25) is 0 Å². The monoisotopic (exact) mass is 257 g/mol. The van der Waals surface area contributed by atoms with Gasteiger partial charge in [0.25, 0.3) is 0 Å². The lowest BCUT2D eigenvalue weighted by molar-refractivity contribution is 0.306. The lowest BCUT2D eigenvalue weighted by atomic mass is 10.2. The highest BCUT2D eigenvalue weighted by molar-refractivity contribution is 6.34. The minimum Gasteiger partial charge on any atom is -0.492 e. The summed E-state index contributed by atoms with van der Waals surface area (Å²) in [6.07, 6.45) is 3.44. The summed E-state index contributed by atoms with van der Waals surface area (Å²) in [4.78, 5) is 0. The number of halogens is 2. The van der Waals surface area contributed by atoms with Crippen molar-refractivity contribution in [2.75, 3.05) is 6.61 Å². The molecule has 0 saturated carbocycles. The molecular weight excluding hydrogens is 245 g/mol. The van der Waals surface area contributed by atoms with Gasteiger partial charge in [-0.15, -0.1) is 0 Å². The highest BCUT2D eigenvalue weighted by Crippen LogP contribution is 2.27. The van der Waals surface area contributed by atoms with E-state index in [0.717, 1.165) is 19.3 Å². The van der Waals surface area contributed by atoms with Crippen molar-refractivity contribution in [3.05, 3.63) is 28.2 Å². The third-order valence-corrected chi connectivity index (χ3v) is 2.63. The number of nitriles is 1. The number of benzene rings is 1. The third-order valence-electron chi connectivity index (χ3n) is 2.08. The maximum absolute atomic E-state index is 8.35. The van der Waals surface area contributed by atoms with Crippen molar-refractivity contribution >= 4 is 23.2 Å². The minimum atomic E-state index is 0.571. The van der Waals surface area contributed by atoms with E-state index < -0.39 is 0 Å². The quantitative estimate of drug-likeness (QED) is 0.706. The minimum absolute atomic E-state index is 0.571. The Hall–Kier alpha value is -0.910. The van der Waals surface area contributed by atoms with Crippen molar-refractivity contribution in [1.29, 1.82) is 5.26 Å².